The van der Waals surface area contributed by atoms with Gasteiger partial charge in [-0.2, -0.15) is 5.26 Å². The number of amides is 1. The number of anilines is 1. The van der Waals surface area contributed by atoms with Gasteiger partial charge in [0.1, 0.15) is 11.1 Å². The Bertz CT molecular complexity index is 683. The summed E-state index contributed by atoms with van der Waals surface area (Å²) in [5.41, 5.74) is 2.72. The fraction of sp³-hybridized carbons (Fsp3) is 0.333. The summed E-state index contributed by atoms with van der Waals surface area (Å²) in [5, 5.41) is 16.2. The Hall–Kier alpha value is -2.10. The summed E-state index contributed by atoms with van der Waals surface area (Å²) >= 11 is 1.50. The van der Waals surface area contributed by atoms with Gasteiger partial charge in [0, 0.05) is 17.8 Å². The van der Waals surface area contributed by atoms with Crippen molar-refractivity contribution in [1.29, 1.82) is 5.26 Å². The first-order chi connectivity index (χ1) is 10.3. The molecule has 5 nitrogen and oxygen atoms in total. The van der Waals surface area contributed by atoms with Crippen molar-refractivity contribution in [1.82, 2.24) is 5.32 Å². The highest BCUT2D eigenvalue weighted by Crippen LogP contribution is 2.34. The number of hydrogen-bond acceptors (Lipinski definition) is 5. The quantitative estimate of drug-likeness (QED) is 0.909. The molecule has 0 fully saturated rings. The highest BCUT2D eigenvalue weighted by atomic mass is 32.1. The van der Waals surface area contributed by atoms with Gasteiger partial charge in [-0.05, 0) is 36.6 Å². The highest BCUT2D eigenvalue weighted by Gasteiger charge is 2.21. The molecule has 3 rings (SSSR count). The molecule has 1 aliphatic rings. The first-order valence-corrected chi connectivity index (χ1v) is 7.66. The summed E-state index contributed by atoms with van der Waals surface area (Å²) in [7, 11) is 0. The van der Waals surface area contributed by atoms with E-state index in [9.17, 15) is 10.1 Å². The lowest BCUT2D eigenvalue weighted by Crippen LogP contribution is -2.22. The summed E-state index contributed by atoms with van der Waals surface area (Å²) in [6.07, 6.45) is 5.10. The molecule has 0 saturated carbocycles. The predicted octanol–water partition coefficient (Wildman–Crippen LogP) is 2.43. The van der Waals surface area contributed by atoms with Crippen molar-refractivity contribution in [3.05, 3.63) is 40.2 Å². The molecule has 1 amide bonds. The van der Waals surface area contributed by atoms with Gasteiger partial charge < -0.3 is 15.1 Å². The summed E-state index contributed by atoms with van der Waals surface area (Å²) in [4.78, 5) is 13.2. The molecule has 2 N–H and O–H groups in total. The molecule has 6 heteroatoms. The largest absolute Gasteiger partial charge is 0.472 e. The van der Waals surface area contributed by atoms with Crippen LogP contribution < -0.4 is 10.6 Å². The number of thiophene rings is 1. The molecule has 0 aromatic carbocycles. The molecule has 0 radical (unpaired) electrons. The molecule has 2 aromatic heterocycles. The van der Waals surface area contributed by atoms with Crippen molar-refractivity contribution in [2.45, 2.75) is 25.8 Å². The molecule has 3 heterocycles. The summed E-state index contributed by atoms with van der Waals surface area (Å²) in [6, 6.07) is 4.08. The predicted molar refractivity (Wildman–Crippen MR) is 80.1 cm³/mol. The molecule has 0 spiro atoms. The van der Waals surface area contributed by atoms with Gasteiger partial charge in [0.15, 0.2) is 0 Å². The van der Waals surface area contributed by atoms with Gasteiger partial charge in [-0.15, -0.1) is 11.3 Å². The Kier molecular flexibility index (Phi) is 4.04. The molecular weight excluding hydrogens is 286 g/mol. The van der Waals surface area contributed by atoms with Crippen molar-refractivity contribution in [2.24, 2.45) is 0 Å². The van der Waals surface area contributed by atoms with Crippen LogP contribution >= 0.6 is 11.3 Å². The van der Waals surface area contributed by atoms with E-state index in [0.29, 0.717) is 23.4 Å². The van der Waals surface area contributed by atoms with Crippen LogP contribution in [-0.2, 0) is 24.2 Å². The van der Waals surface area contributed by atoms with Crippen molar-refractivity contribution in [3.8, 4) is 6.07 Å². The van der Waals surface area contributed by atoms with Crippen molar-refractivity contribution >= 4 is 22.2 Å². The van der Waals surface area contributed by atoms with Gasteiger partial charge >= 0.3 is 0 Å². The number of nitrogens with one attached hydrogen (secondary N) is 2. The van der Waals surface area contributed by atoms with E-state index in [4.69, 9.17) is 4.42 Å². The Labute approximate surface area is 126 Å². The van der Waals surface area contributed by atoms with Crippen molar-refractivity contribution in [3.63, 3.8) is 0 Å². The summed E-state index contributed by atoms with van der Waals surface area (Å²) < 4.78 is 4.98. The van der Waals surface area contributed by atoms with Crippen molar-refractivity contribution in [2.75, 3.05) is 11.9 Å². The zero-order valence-electron chi connectivity index (χ0n) is 11.4. The monoisotopic (exact) mass is 301 g/mol. The zero-order valence-corrected chi connectivity index (χ0v) is 12.3. The number of furan rings is 1. The Morgan fingerprint density at radius 3 is 3.24 bits per heavy atom. The number of carbonyl (C=O) groups excluding carboxylic acids is 1. The van der Waals surface area contributed by atoms with E-state index in [1.807, 2.05) is 6.07 Å². The van der Waals surface area contributed by atoms with E-state index >= 15 is 0 Å². The van der Waals surface area contributed by atoms with Crippen LogP contribution in [0.25, 0.3) is 0 Å². The smallest absolute Gasteiger partial charge is 0.225 e. The molecule has 0 saturated heterocycles. The minimum Gasteiger partial charge on any atom is -0.472 e. The van der Waals surface area contributed by atoms with E-state index in [1.165, 1.54) is 11.3 Å². The van der Waals surface area contributed by atoms with Crippen LogP contribution in [0.15, 0.2) is 23.0 Å². The average molecular weight is 301 g/mol. The molecule has 21 heavy (non-hydrogen) atoms. The average Bonchev–Trinajstić information content (AvgIpc) is 3.12. The lowest BCUT2D eigenvalue weighted by Gasteiger charge is -2.11. The molecule has 0 bridgehead atoms. The maximum absolute atomic E-state index is 12.0. The molecule has 0 unspecified atom stereocenters. The van der Waals surface area contributed by atoms with Gasteiger partial charge in [-0.3, -0.25) is 4.79 Å². The van der Waals surface area contributed by atoms with E-state index in [2.05, 4.69) is 16.7 Å². The standard InChI is InChI=1S/C15H15N3O2S/c16-7-12-11-3-5-17-8-13(11)21-15(12)18-14(19)2-1-10-4-6-20-9-10/h4,6,9,17H,1-3,5,8H2,(H,18,19). The maximum Gasteiger partial charge on any atom is 0.225 e. The minimum absolute atomic E-state index is 0.0701. The van der Waals surface area contributed by atoms with Crippen LogP contribution in [0.2, 0.25) is 0 Å². The van der Waals surface area contributed by atoms with Crippen LogP contribution in [0, 0.1) is 11.3 Å². The number of rotatable bonds is 4. The van der Waals surface area contributed by atoms with Gasteiger partial charge in [0.2, 0.25) is 5.91 Å². The van der Waals surface area contributed by atoms with E-state index < -0.39 is 0 Å². The first kappa shape index (κ1) is 13.9. The fourth-order valence-corrected chi connectivity index (χ4v) is 3.61. The molecule has 1 aliphatic heterocycles. The van der Waals surface area contributed by atoms with E-state index in [1.54, 1.807) is 12.5 Å². The lowest BCUT2D eigenvalue weighted by atomic mass is 10.1. The van der Waals surface area contributed by atoms with Gasteiger partial charge in [-0.1, -0.05) is 0 Å². The van der Waals surface area contributed by atoms with Crippen LogP contribution in [-0.4, -0.2) is 12.5 Å². The normalized spacial score (nSPS) is 13.5. The second kappa shape index (κ2) is 6.12. The second-order valence-electron chi connectivity index (χ2n) is 4.93. The zero-order chi connectivity index (χ0) is 14.7. The van der Waals surface area contributed by atoms with E-state index in [0.717, 1.165) is 35.5 Å². The lowest BCUT2D eigenvalue weighted by molar-refractivity contribution is -0.116. The van der Waals surface area contributed by atoms with E-state index in [-0.39, 0.29) is 5.91 Å². The third kappa shape index (κ3) is 2.99. The molecule has 108 valence electrons. The Balaban J connectivity index is 1.68. The fourth-order valence-electron chi connectivity index (χ4n) is 2.42. The Morgan fingerprint density at radius 2 is 2.48 bits per heavy atom. The first-order valence-electron chi connectivity index (χ1n) is 6.84. The van der Waals surface area contributed by atoms with Gasteiger partial charge in [0.25, 0.3) is 0 Å². The van der Waals surface area contributed by atoms with Crippen LogP contribution in [0.4, 0.5) is 5.00 Å². The molecular formula is C15H15N3O2S. The second-order valence-corrected chi connectivity index (χ2v) is 6.03. The number of nitriles is 1. The van der Waals surface area contributed by atoms with Crippen LogP contribution in [0.5, 0.6) is 0 Å². The van der Waals surface area contributed by atoms with Gasteiger partial charge in [-0.25, -0.2) is 0 Å². The number of carbonyl (C=O) groups is 1. The van der Waals surface area contributed by atoms with Crippen LogP contribution in [0.3, 0.4) is 0 Å². The number of nitrogens with zero attached hydrogens (tertiary/aromatic N) is 1. The molecule has 2 aromatic rings. The summed E-state index contributed by atoms with van der Waals surface area (Å²) in [6.45, 7) is 1.66. The van der Waals surface area contributed by atoms with Crippen LogP contribution in [0.1, 0.15) is 28.0 Å². The molecule has 0 atom stereocenters. The highest BCUT2D eigenvalue weighted by molar-refractivity contribution is 7.16. The maximum atomic E-state index is 12.0. The SMILES string of the molecule is N#Cc1c(NC(=O)CCc2ccoc2)sc2c1CCNC2. The minimum atomic E-state index is -0.0701. The Morgan fingerprint density at radius 1 is 1.57 bits per heavy atom. The summed E-state index contributed by atoms with van der Waals surface area (Å²) in [5.74, 6) is -0.0701. The number of hydrogen-bond donors (Lipinski definition) is 2. The third-order valence-electron chi connectivity index (χ3n) is 3.51. The van der Waals surface area contributed by atoms with Crippen molar-refractivity contribution < 1.29 is 9.21 Å². The van der Waals surface area contributed by atoms with Gasteiger partial charge in [0.05, 0.1) is 18.1 Å². The third-order valence-corrected chi connectivity index (χ3v) is 4.66. The number of fused-ring (bicyclic) bond motifs is 1. The molecule has 0 aliphatic carbocycles. The number of aryl methyl sites for hydroxylation is 1. The topological polar surface area (TPSA) is 78.1 Å².